The van der Waals surface area contributed by atoms with Crippen LogP contribution in [0, 0.1) is 19.7 Å². The van der Waals surface area contributed by atoms with Gasteiger partial charge in [0.2, 0.25) is 0 Å². The first-order valence-corrected chi connectivity index (χ1v) is 9.60. The molecular weight excluding hydrogens is 486 g/mol. The maximum Gasteiger partial charge on any atom is 0.287 e. The second-order valence-corrected chi connectivity index (χ2v) is 6.55. The molecule has 1 aromatic heterocycles. The lowest BCUT2D eigenvalue weighted by atomic mass is 10.1. The number of amides is 1. The topological polar surface area (TPSA) is 78.7 Å². The van der Waals surface area contributed by atoms with Gasteiger partial charge >= 0.3 is 0 Å². The van der Waals surface area contributed by atoms with Gasteiger partial charge < -0.3 is 20.4 Å². The average Bonchev–Trinajstić information content (AvgIpc) is 3.09. The number of nitrogens with one attached hydrogen (secondary N) is 3. The van der Waals surface area contributed by atoms with Crippen molar-refractivity contribution in [1.82, 2.24) is 16.0 Å². The zero-order valence-corrected chi connectivity index (χ0v) is 19.5. The minimum Gasteiger partial charge on any atom is -0.459 e. The van der Waals surface area contributed by atoms with E-state index in [4.69, 9.17) is 4.42 Å². The Morgan fingerprint density at radius 2 is 1.90 bits per heavy atom. The van der Waals surface area contributed by atoms with Crippen LogP contribution in [0.25, 0.3) is 0 Å². The van der Waals surface area contributed by atoms with Crippen LogP contribution in [0.1, 0.15) is 40.6 Å². The third-order valence-electron chi connectivity index (χ3n) is 4.29. The van der Waals surface area contributed by atoms with Gasteiger partial charge in [0, 0.05) is 31.7 Å². The number of hydrogen-bond acceptors (Lipinski definition) is 3. The number of aryl methyl sites for hydroxylation is 2. The Kier molecular flexibility index (Phi) is 11.3. The Hall–Kier alpha value is -2.10. The van der Waals surface area contributed by atoms with E-state index < -0.39 is 0 Å². The molecule has 0 radical (unpaired) electrons. The number of benzene rings is 1. The van der Waals surface area contributed by atoms with Gasteiger partial charge in [-0.05, 0) is 62.9 Å². The number of aliphatic imine (C=N–C) groups is 1. The summed E-state index contributed by atoms with van der Waals surface area (Å²) < 4.78 is 18.3. The fourth-order valence-corrected chi connectivity index (χ4v) is 2.75. The highest BCUT2D eigenvalue weighted by Crippen LogP contribution is 2.10. The van der Waals surface area contributed by atoms with Crippen LogP contribution in [-0.4, -0.2) is 38.0 Å². The number of furan rings is 1. The van der Waals surface area contributed by atoms with Crippen molar-refractivity contribution < 1.29 is 13.6 Å². The summed E-state index contributed by atoms with van der Waals surface area (Å²) in [6.45, 7) is 8.33. The molecule has 0 bridgehead atoms. The summed E-state index contributed by atoms with van der Waals surface area (Å²) in [7, 11) is 0. The number of carbonyl (C=O) groups excluding carboxylic acids is 1. The summed E-state index contributed by atoms with van der Waals surface area (Å²) in [6.07, 6.45) is 3.02. The Labute approximate surface area is 188 Å². The van der Waals surface area contributed by atoms with E-state index in [1.54, 1.807) is 12.1 Å². The summed E-state index contributed by atoms with van der Waals surface area (Å²) in [6, 6.07) is 6.62. The van der Waals surface area contributed by atoms with Crippen LogP contribution in [0.3, 0.4) is 0 Å². The summed E-state index contributed by atoms with van der Waals surface area (Å²) in [5.74, 6) is 0.676. The predicted octanol–water partition coefficient (Wildman–Crippen LogP) is 3.57. The normalized spacial score (nSPS) is 11.0. The molecule has 0 spiro atoms. The molecule has 6 nitrogen and oxygen atoms in total. The third kappa shape index (κ3) is 8.43. The molecule has 0 aliphatic heterocycles. The Balaban J connectivity index is 0.00000420. The number of rotatable bonds is 9. The molecule has 2 rings (SSSR count). The molecule has 8 heteroatoms. The van der Waals surface area contributed by atoms with Crippen molar-refractivity contribution in [3.05, 3.63) is 58.8 Å². The summed E-state index contributed by atoms with van der Waals surface area (Å²) in [4.78, 5) is 16.5. The van der Waals surface area contributed by atoms with Crippen molar-refractivity contribution in [1.29, 1.82) is 0 Å². The van der Waals surface area contributed by atoms with E-state index in [2.05, 4.69) is 20.9 Å². The van der Waals surface area contributed by atoms with Gasteiger partial charge in [-0.15, -0.1) is 24.0 Å². The molecule has 2 aromatic rings. The van der Waals surface area contributed by atoms with E-state index in [9.17, 15) is 9.18 Å². The summed E-state index contributed by atoms with van der Waals surface area (Å²) in [5, 5.41) is 9.32. The minimum absolute atomic E-state index is 0. The van der Waals surface area contributed by atoms with E-state index in [1.807, 2.05) is 26.8 Å². The third-order valence-corrected chi connectivity index (χ3v) is 4.29. The first-order chi connectivity index (χ1) is 13.5. The second-order valence-electron chi connectivity index (χ2n) is 6.55. The minimum atomic E-state index is -0.210. The second kappa shape index (κ2) is 13.2. The van der Waals surface area contributed by atoms with E-state index in [0.29, 0.717) is 25.4 Å². The standard InChI is InChI=1S/C21H29FN4O2.HI/c1-4-23-21(26-12-8-17-6-7-18(22)14-16(17)3)25-11-5-10-24-20(27)19-15(2)9-13-28-19;/h6-7,9,13-14H,4-5,8,10-12H2,1-3H3,(H,24,27)(H2,23,25,26);1H. The highest BCUT2D eigenvalue weighted by atomic mass is 127. The first-order valence-electron chi connectivity index (χ1n) is 9.60. The predicted molar refractivity (Wildman–Crippen MR) is 125 cm³/mol. The highest BCUT2D eigenvalue weighted by Gasteiger charge is 2.11. The molecule has 1 aromatic carbocycles. The molecule has 0 aliphatic carbocycles. The molecule has 0 aliphatic rings. The van der Waals surface area contributed by atoms with Crippen LogP contribution in [0.5, 0.6) is 0 Å². The van der Waals surface area contributed by atoms with Crippen molar-refractivity contribution in [2.24, 2.45) is 4.99 Å². The molecule has 0 unspecified atom stereocenters. The molecule has 160 valence electrons. The smallest absolute Gasteiger partial charge is 0.287 e. The van der Waals surface area contributed by atoms with E-state index in [1.165, 1.54) is 12.3 Å². The van der Waals surface area contributed by atoms with Gasteiger partial charge in [0.1, 0.15) is 5.82 Å². The lowest BCUT2D eigenvalue weighted by Crippen LogP contribution is -2.38. The Morgan fingerprint density at radius 1 is 1.10 bits per heavy atom. The largest absolute Gasteiger partial charge is 0.459 e. The van der Waals surface area contributed by atoms with Crippen LogP contribution < -0.4 is 16.0 Å². The molecule has 3 N–H and O–H groups in total. The number of guanidine groups is 1. The number of halogens is 2. The fraction of sp³-hybridized carbons (Fsp3) is 0.429. The molecule has 1 heterocycles. The average molecular weight is 516 g/mol. The maximum atomic E-state index is 13.2. The summed E-state index contributed by atoms with van der Waals surface area (Å²) in [5.41, 5.74) is 2.89. The molecule has 0 saturated carbocycles. The van der Waals surface area contributed by atoms with Gasteiger partial charge in [0.05, 0.1) is 6.26 Å². The molecule has 0 fully saturated rings. The zero-order valence-electron chi connectivity index (χ0n) is 17.2. The number of hydrogen-bond donors (Lipinski definition) is 3. The molecule has 1 amide bonds. The first kappa shape index (κ1) is 24.9. The number of carbonyl (C=O) groups is 1. The highest BCUT2D eigenvalue weighted by molar-refractivity contribution is 14.0. The van der Waals surface area contributed by atoms with Crippen molar-refractivity contribution >= 4 is 35.8 Å². The van der Waals surface area contributed by atoms with Crippen LogP contribution in [-0.2, 0) is 6.42 Å². The van der Waals surface area contributed by atoms with Gasteiger partial charge in [0.15, 0.2) is 11.7 Å². The lowest BCUT2D eigenvalue weighted by Gasteiger charge is -2.12. The van der Waals surface area contributed by atoms with E-state index in [-0.39, 0.29) is 35.7 Å². The van der Waals surface area contributed by atoms with Crippen LogP contribution in [0.15, 0.2) is 39.9 Å². The van der Waals surface area contributed by atoms with Crippen LogP contribution >= 0.6 is 24.0 Å². The summed E-state index contributed by atoms with van der Waals surface area (Å²) >= 11 is 0. The molecular formula is C21H30FIN4O2. The van der Waals surface area contributed by atoms with Gasteiger partial charge in [-0.2, -0.15) is 0 Å². The molecule has 29 heavy (non-hydrogen) atoms. The molecule has 0 atom stereocenters. The Morgan fingerprint density at radius 3 is 2.55 bits per heavy atom. The lowest BCUT2D eigenvalue weighted by molar-refractivity contribution is 0.0925. The van der Waals surface area contributed by atoms with Crippen molar-refractivity contribution in [2.45, 2.75) is 33.6 Å². The maximum absolute atomic E-state index is 13.2. The quantitative estimate of drug-likeness (QED) is 0.206. The van der Waals surface area contributed by atoms with Gasteiger partial charge in [-0.25, -0.2) is 4.39 Å². The van der Waals surface area contributed by atoms with Crippen LogP contribution in [0.2, 0.25) is 0 Å². The van der Waals surface area contributed by atoms with Crippen molar-refractivity contribution in [2.75, 3.05) is 26.2 Å². The van der Waals surface area contributed by atoms with Gasteiger partial charge in [-0.1, -0.05) is 6.07 Å². The SMILES string of the molecule is CCNC(=NCCCNC(=O)c1occc1C)NCCc1ccc(F)cc1C.I. The molecule has 0 saturated heterocycles. The zero-order chi connectivity index (χ0) is 20.4. The van der Waals surface area contributed by atoms with E-state index >= 15 is 0 Å². The Bertz CT molecular complexity index is 808. The van der Waals surface area contributed by atoms with Crippen molar-refractivity contribution in [3.63, 3.8) is 0 Å². The van der Waals surface area contributed by atoms with Gasteiger partial charge in [0.25, 0.3) is 5.91 Å². The fourth-order valence-electron chi connectivity index (χ4n) is 2.75. The monoisotopic (exact) mass is 516 g/mol. The van der Waals surface area contributed by atoms with Gasteiger partial charge in [-0.3, -0.25) is 9.79 Å². The van der Waals surface area contributed by atoms with E-state index in [0.717, 1.165) is 42.0 Å². The number of nitrogens with zero attached hydrogens (tertiary/aromatic N) is 1. The van der Waals surface area contributed by atoms with Crippen molar-refractivity contribution in [3.8, 4) is 0 Å². The van der Waals surface area contributed by atoms with Crippen LogP contribution in [0.4, 0.5) is 4.39 Å².